The van der Waals surface area contributed by atoms with Crippen molar-refractivity contribution >= 4 is 29.1 Å². The Bertz CT molecular complexity index is 931. The lowest BCUT2D eigenvalue weighted by Gasteiger charge is -2.40. The van der Waals surface area contributed by atoms with Gasteiger partial charge in [-0.3, -0.25) is 4.79 Å². The monoisotopic (exact) mass is 464 g/mol. The number of nitrogens with one attached hydrogen (secondary N) is 1. The Kier molecular flexibility index (Phi) is 6.60. The first-order valence-corrected chi connectivity index (χ1v) is 9.92. The molecule has 3 rings (SSSR count). The van der Waals surface area contributed by atoms with Crippen LogP contribution in [0.2, 0.25) is 10.2 Å². The number of halogens is 6. The molecule has 1 atom stereocenters. The molecular formula is C20H18Cl2F4N2O2. The van der Waals surface area contributed by atoms with Gasteiger partial charge in [0.1, 0.15) is 17.4 Å². The standard InChI is InChI=1S/C20H18Cl2F4N2O2/c21-14-5-4-11(20(24,25)26)10-13(14)18(29)28-17(15-2-1-3-16(22)27-15)19(30)8-6-12(23)7-9-19/h1-5,10,12,17,30H,6-9H2,(H,28,29). The molecule has 0 radical (unpaired) electrons. The highest BCUT2D eigenvalue weighted by Gasteiger charge is 2.43. The average molecular weight is 465 g/mol. The quantitative estimate of drug-likeness (QED) is 0.462. The highest BCUT2D eigenvalue weighted by molar-refractivity contribution is 6.33. The molecule has 2 N–H and O–H groups in total. The summed E-state index contributed by atoms with van der Waals surface area (Å²) in [7, 11) is 0. The molecule has 1 heterocycles. The largest absolute Gasteiger partial charge is 0.416 e. The summed E-state index contributed by atoms with van der Waals surface area (Å²) in [5.41, 5.74) is -2.78. The zero-order chi connectivity index (χ0) is 22.1. The lowest BCUT2D eigenvalue weighted by Crippen LogP contribution is -2.49. The fraction of sp³-hybridized carbons (Fsp3) is 0.400. The van der Waals surface area contributed by atoms with Crippen LogP contribution < -0.4 is 5.32 Å². The van der Waals surface area contributed by atoms with Crippen LogP contribution in [0.15, 0.2) is 36.4 Å². The molecule has 1 aromatic carbocycles. The molecule has 1 aromatic heterocycles. The molecule has 1 saturated carbocycles. The number of hydrogen-bond donors (Lipinski definition) is 2. The predicted molar refractivity (Wildman–Crippen MR) is 104 cm³/mol. The molecule has 0 saturated heterocycles. The number of rotatable bonds is 4. The maximum Gasteiger partial charge on any atom is 0.416 e. The van der Waals surface area contributed by atoms with E-state index in [1.807, 2.05) is 0 Å². The molecule has 2 aromatic rings. The van der Waals surface area contributed by atoms with Crippen molar-refractivity contribution in [2.24, 2.45) is 0 Å². The SMILES string of the molecule is O=C(NC(c1cccc(Cl)n1)C1(O)CCC(F)CC1)c1cc(C(F)(F)F)ccc1Cl. The van der Waals surface area contributed by atoms with E-state index < -0.39 is 41.0 Å². The van der Waals surface area contributed by atoms with Gasteiger partial charge in [-0.05, 0) is 56.0 Å². The molecule has 1 unspecified atom stereocenters. The van der Waals surface area contributed by atoms with Gasteiger partial charge in [0, 0.05) is 0 Å². The van der Waals surface area contributed by atoms with Gasteiger partial charge in [0.25, 0.3) is 5.91 Å². The topological polar surface area (TPSA) is 62.2 Å². The Labute approximate surface area is 180 Å². The molecule has 0 spiro atoms. The second kappa shape index (κ2) is 8.69. The van der Waals surface area contributed by atoms with E-state index >= 15 is 0 Å². The highest BCUT2D eigenvalue weighted by Crippen LogP contribution is 2.40. The molecule has 162 valence electrons. The van der Waals surface area contributed by atoms with Crippen LogP contribution in [0.1, 0.15) is 53.3 Å². The fourth-order valence-corrected chi connectivity index (χ4v) is 3.90. The molecule has 30 heavy (non-hydrogen) atoms. The van der Waals surface area contributed by atoms with Crippen molar-refractivity contribution in [1.82, 2.24) is 10.3 Å². The third-order valence-corrected chi connectivity index (χ3v) is 5.70. The van der Waals surface area contributed by atoms with Gasteiger partial charge in [0.15, 0.2) is 0 Å². The summed E-state index contributed by atoms with van der Waals surface area (Å²) in [6.07, 6.45) is -5.52. The lowest BCUT2D eigenvalue weighted by atomic mass is 9.77. The van der Waals surface area contributed by atoms with Gasteiger partial charge in [-0.2, -0.15) is 13.2 Å². The summed E-state index contributed by atoms with van der Waals surface area (Å²) in [5, 5.41) is 13.6. The summed E-state index contributed by atoms with van der Waals surface area (Å²) in [5.74, 6) is -0.923. The van der Waals surface area contributed by atoms with Crippen LogP contribution in [0, 0.1) is 0 Å². The average Bonchev–Trinajstić information content (AvgIpc) is 2.67. The number of aromatic nitrogens is 1. The van der Waals surface area contributed by atoms with E-state index in [0.29, 0.717) is 6.07 Å². The zero-order valence-electron chi connectivity index (χ0n) is 15.5. The Morgan fingerprint density at radius 3 is 2.47 bits per heavy atom. The molecule has 1 aliphatic carbocycles. The molecular weight excluding hydrogens is 447 g/mol. The van der Waals surface area contributed by atoms with Gasteiger partial charge in [-0.15, -0.1) is 0 Å². The molecule has 1 aliphatic rings. The number of carbonyl (C=O) groups excluding carboxylic acids is 1. The maximum atomic E-state index is 13.6. The van der Waals surface area contributed by atoms with E-state index in [2.05, 4.69) is 10.3 Å². The summed E-state index contributed by atoms with van der Waals surface area (Å²) >= 11 is 11.9. The molecule has 1 fully saturated rings. The summed E-state index contributed by atoms with van der Waals surface area (Å²) in [6, 6.07) is 5.84. The Balaban J connectivity index is 1.97. The second-order valence-corrected chi connectivity index (χ2v) is 8.06. The van der Waals surface area contributed by atoms with Gasteiger partial charge in [0.05, 0.1) is 27.4 Å². The van der Waals surface area contributed by atoms with E-state index in [-0.39, 0.29) is 41.6 Å². The van der Waals surface area contributed by atoms with Crippen LogP contribution in [0.4, 0.5) is 17.6 Å². The number of benzene rings is 1. The van der Waals surface area contributed by atoms with E-state index in [1.54, 1.807) is 6.07 Å². The van der Waals surface area contributed by atoms with Crippen molar-refractivity contribution in [3.63, 3.8) is 0 Å². The smallest absolute Gasteiger partial charge is 0.387 e. The number of aliphatic hydroxyl groups is 1. The minimum absolute atomic E-state index is 0.0314. The third kappa shape index (κ3) is 5.04. The second-order valence-electron chi connectivity index (χ2n) is 7.26. The minimum atomic E-state index is -4.66. The van der Waals surface area contributed by atoms with Crippen LogP contribution in [0.5, 0.6) is 0 Å². The Hall–Kier alpha value is -1.90. The molecule has 1 amide bonds. The van der Waals surface area contributed by atoms with Crippen LogP contribution >= 0.6 is 23.2 Å². The lowest BCUT2D eigenvalue weighted by molar-refractivity contribution is -0.137. The fourth-order valence-electron chi connectivity index (χ4n) is 3.52. The minimum Gasteiger partial charge on any atom is -0.387 e. The predicted octanol–water partition coefficient (Wildman–Crippen LogP) is 5.52. The van der Waals surface area contributed by atoms with E-state index in [1.165, 1.54) is 12.1 Å². The molecule has 0 aliphatic heterocycles. The van der Waals surface area contributed by atoms with Crippen molar-refractivity contribution < 1.29 is 27.5 Å². The van der Waals surface area contributed by atoms with Crippen LogP contribution in [-0.4, -0.2) is 27.8 Å². The Morgan fingerprint density at radius 1 is 1.20 bits per heavy atom. The van der Waals surface area contributed by atoms with E-state index in [0.717, 1.165) is 12.1 Å². The highest BCUT2D eigenvalue weighted by atomic mass is 35.5. The number of hydrogen-bond acceptors (Lipinski definition) is 3. The third-order valence-electron chi connectivity index (χ3n) is 5.16. The number of alkyl halides is 4. The number of pyridine rings is 1. The molecule has 0 bridgehead atoms. The number of amides is 1. The number of nitrogens with zero attached hydrogens (tertiary/aromatic N) is 1. The van der Waals surface area contributed by atoms with Gasteiger partial charge >= 0.3 is 6.18 Å². The summed E-state index contributed by atoms with van der Waals surface area (Å²) in [6.45, 7) is 0. The van der Waals surface area contributed by atoms with Crippen molar-refractivity contribution in [2.45, 2.75) is 49.7 Å². The van der Waals surface area contributed by atoms with Crippen molar-refractivity contribution in [1.29, 1.82) is 0 Å². The van der Waals surface area contributed by atoms with Gasteiger partial charge in [-0.1, -0.05) is 29.3 Å². The molecule has 10 heteroatoms. The van der Waals surface area contributed by atoms with Crippen molar-refractivity contribution in [2.75, 3.05) is 0 Å². The summed E-state index contributed by atoms with van der Waals surface area (Å²) < 4.78 is 52.8. The van der Waals surface area contributed by atoms with Crippen LogP contribution in [0.25, 0.3) is 0 Å². The Morgan fingerprint density at radius 2 is 1.87 bits per heavy atom. The zero-order valence-corrected chi connectivity index (χ0v) is 17.0. The van der Waals surface area contributed by atoms with Gasteiger partial charge in [-0.25, -0.2) is 9.37 Å². The van der Waals surface area contributed by atoms with E-state index in [9.17, 15) is 27.5 Å². The maximum absolute atomic E-state index is 13.6. The first-order valence-electron chi connectivity index (χ1n) is 9.16. The number of carbonyl (C=O) groups is 1. The first-order chi connectivity index (χ1) is 14.0. The molecule has 4 nitrogen and oxygen atoms in total. The van der Waals surface area contributed by atoms with Crippen molar-refractivity contribution in [3.8, 4) is 0 Å². The van der Waals surface area contributed by atoms with Crippen molar-refractivity contribution in [3.05, 3.63) is 63.4 Å². The van der Waals surface area contributed by atoms with Crippen LogP contribution in [0.3, 0.4) is 0 Å². The van der Waals surface area contributed by atoms with Gasteiger partial charge in [0.2, 0.25) is 0 Å². The van der Waals surface area contributed by atoms with Crippen LogP contribution in [-0.2, 0) is 6.18 Å². The van der Waals surface area contributed by atoms with E-state index in [4.69, 9.17) is 23.2 Å². The first kappa shape index (κ1) is 22.8. The van der Waals surface area contributed by atoms with Gasteiger partial charge < -0.3 is 10.4 Å². The normalized spacial score (nSPS) is 23.1. The summed E-state index contributed by atoms with van der Waals surface area (Å²) in [4.78, 5) is 17.0.